The van der Waals surface area contributed by atoms with E-state index >= 15 is 0 Å². The monoisotopic (exact) mass is 456 g/mol. The van der Waals surface area contributed by atoms with Gasteiger partial charge in [0.1, 0.15) is 24.2 Å². The molecule has 33 heavy (non-hydrogen) atoms. The zero-order valence-corrected chi connectivity index (χ0v) is 20.3. The van der Waals surface area contributed by atoms with Crippen LogP contribution in [0.25, 0.3) is 0 Å². The van der Waals surface area contributed by atoms with Gasteiger partial charge in [0.15, 0.2) is 11.5 Å². The number of nitriles is 1. The van der Waals surface area contributed by atoms with E-state index in [4.69, 9.17) is 28.9 Å². The second-order valence-corrected chi connectivity index (χ2v) is 7.98. The topological polar surface area (TPSA) is 82.0 Å². The molecular weight excluding hydrogens is 420 g/mol. The molecule has 7 heteroatoms. The van der Waals surface area contributed by atoms with Crippen LogP contribution in [0.15, 0.2) is 36.4 Å². The standard InChI is InChI=1S/C26H36N2O5/c1-19(2)23(33-25-18-20(12-13-27)17-24(30-4)26(25)31-5)7-6-14-28-15-16-32-22-10-8-21(29-3)9-11-22/h8-11,17-19,23,28H,6-7,12,14-16H2,1-5H3. The number of methoxy groups -OCH3 is 3. The average Bonchev–Trinajstić information content (AvgIpc) is 2.82. The average molecular weight is 457 g/mol. The van der Waals surface area contributed by atoms with Gasteiger partial charge in [-0.05, 0) is 67.3 Å². The van der Waals surface area contributed by atoms with E-state index in [2.05, 4.69) is 25.2 Å². The van der Waals surface area contributed by atoms with Gasteiger partial charge in [-0.2, -0.15) is 5.26 Å². The molecule has 0 saturated heterocycles. The third-order valence-electron chi connectivity index (χ3n) is 5.26. The molecule has 1 unspecified atom stereocenters. The lowest BCUT2D eigenvalue weighted by atomic mass is 10.0. The fraction of sp³-hybridized carbons (Fsp3) is 0.500. The van der Waals surface area contributed by atoms with Gasteiger partial charge in [-0.1, -0.05) is 13.8 Å². The van der Waals surface area contributed by atoms with Crippen LogP contribution in [0.5, 0.6) is 28.7 Å². The van der Waals surface area contributed by atoms with Crippen molar-refractivity contribution in [2.24, 2.45) is 5.92 Å². The summed E-state index contributed by atoms with van der Waals surface area (Å²) in [4.78, 5) is 0. The van der Waals surface area contributed by atoms with Gasteiger partial charge in [-0.25, -0.2) is 0 Å². The number of nitrogens with one attached hydrogen (secondary N) is 1. The van der Waals surface area contributed by atoms with Crippen molar-refractivity contribution in [2.45, 2.75) is 39.2 Å². The number of ether oxygens (including phenoxy) is 5. The first-order valence-corrected chi connectivity index (χ1v) is 11.3. The number of hydrogen-bond donors (Lipinski definition) is 1. The lowest BCUT2D eigenvalue weighted by Crippen LogP contribution is -2.27. The molecule has 180 valence electrons. The number of hydrogen-bond acceptors (Lipinski definition) is 7. The van der Waals surface area contributed by atoms with Gasteiger partial charge in [0, 0.05) is 6.54 Å². The Morgan fingerprint density at radius 1 is 0.909 bits per heavy atom. The molecular formula is C26H36N2O5. The zero-order valence-electron chi connectivity index (χ0n) is 20.3. The molecule has 2 aromatic carbocycles. The third kappa shape index (κ3) is 8.39. The van der Waals surface area contributed by atoms with Gasteiger partial charge in [0.2, 0.25) is 5.75 Å². The lowest BCUT2D eigenvalue weighted by Gasteiger charge is -2.25. The van der Waals surface area contributed by atoms with Crippen molar-refractivity contribution in [2.75, 3.05) is 41.0 Å². The quantitative estimate of drug-likeness (QED) is 0.391. The molecule has 1 N–H and O–H groups in total. The molecule has 1 atom stereocenters. The van der Waals surface area contributed by atoms with Crippen molar-refractivity contribution in [3.63, 3.8) is 0 Å². The summed E-state index contributed by atoms with van der Waals surface area (Å²) in [7, 11) is 4.83. The van der Waals surface area contributed by atoms with E-state index in [1.165, 1.54) is 0 Å². The molecule has 2 aromatic rings. The molecule has 0 heterocycles. The van der Waals surface area contributed by atoms with Crippen LogP contribution in [0.4, 0.5) is 0 Å². The van der Waals surface area contributed by atoms with Gasteiger partial charge >= 0.3 is 0 Å². The van der Waals surface area contributed by atoms with Crippen LogP contribution in [0.3, 0.4) is 0 Å². The molecule has 0 amide bonds. The SMILES string of the molecule is COc1ccc(OCCNCCCC(Oc2cc(CC#N)cc(OC)c2OC)C(C)C)cc1. The Morgan fingerprint density at radius 2 is 1.61 bits per heavy atom. The van der Waals surface area contributed by atoms with E-state index in [-0.39, 0.29) is 12.5 Å². The Morgan fingerprint density at radius 3 is 2.21 bits per heavy atom. The van der Waals surface area contributed by atoms with Crippen LogP contribution < -0.4 is 29.0 Å². The van der Waals surface area contributed by atoms with Crippen LogP contribution >= 0.6 is 0 Å². The first-order valence-electron chi connectivity index (χ1n) is 11.3. The smallest absolute Gasteiger partial charge is 0.203 e. The minimum Gasteiger partial charge on any atom is -0.497 e. The van der Waals surface area contributed by atoms with E-state index in [0.29, 0.717) is 29.8 Å². The van der Waals surface area contributed by atoms with Crippen molar-refractivity contribution in [3.05, 3.63) is 42.0 Å². The summed E-state index contributed by atoms with van der Waals surface area (Å²) in [5, 5.41) is 12.5. The zero-order chi connectivity index (χ0) is 24.1. The fourth-order valence-corrected chi connectivity index (χ4v) is 3.42. The van der Waals surface area contributed by atoms with E-state index in [1.54, 1.807) is 21.3 Å². The Hall–Kier alpha value is -3.11. The highest BCUT2D eigenvalue weighted by atomic mass is 16.5. The maximum Gasteiger partial charge on any atom is 0.203 e. The summed E-state index contributed by atoms with van der Waals surface area (Å²) in [5.74, 6) is 3.70. The lowest BCUT2D eigenvalue weighted by molar-refractivity contribution is 0.133. The highest BCUT2D eigenvalue weighted by Gasteiger charge is 2.20. The molecule has 7 nitrogen and oxygen atoms in total. The van der Waals surface area contributed by atoms with Crippen LogP contribution in [-0.4, -0.2) is 47.1 Å². The Bertz CT molecular complexity index is 877. The number of rotatable bonds is 15. The van der Waals surface area contributed by atoms with E-state index in [9.17, 15) is 0 Å². The van der Waals surface area contributed by atoms with Crippen molar-refractivity contribution >= 4 is 0 Å². The molecule has 0 saturated carbocycles. The van der Waals surface area contributed by atoms with Crippen molar-refractivity contribution in [1.82, 2.24) is 5.32 Å². The van der Waals surface area contributed by atoms with Crippen molar-refractivity contribution < 1.29 is 23.7 Å². The Kier molecular flexibility index (Phi) is 11.2. The van der Waals surface area contributed by atoms with E-state index in [1.807, 2.05) is 36.4 Å². The first kappa shape index (κ1) is 26.1. The normalized spacial score (nSPS) is 11.5. The summed E-state index contributed by atoms with van der Waals surface area (Å²) in [6.45, 7) is 6.51. The second-order valence-electron chi connectivity index (χ2n) is 7.98. The molecule has 0 fully saturated rings. The molecule has 0 aliphatic carbocycles. The minimum absolute atomic E-state index is 0.0123. The summed E-state index contributed by atoms with van der Waals surface area (Å²) in [6.07, 6.45) is 2.14. The molecule has 0 aliphatic heterocycles. The van der Waals surface area contributed by atoms with Gasteiger partial charge in [-0.3, -0.25) is 0 Å². The highest BCUT2D eigenvalue weighted by molar-refractivity contribution is 5.54. The van der Waals surface area contributed by atoms with Gasteiger partial charge in [0.25, 0.3) is 0 Å². The summed E-state index contributed by atoms with van der Waals surface area (Å²) >= 11 is 0. The second kappa shape index (κ2) is 14.1. The van der Waals surface area contributed by atoms with Gasteiger partial charge < -0.3 is 29.0 Å². The maximum absolute atomic E-state index is 9.08. The predicted octanol–water partition coefficient (Wildman–Crippen LogP) is 4.63. The molecule has 0 aliphatic rings. The summed E-state index contributed by atoms with van der Waals surface area (Å²) in [5.41, 5.74) is 0.839. The Labute approximate surface area is 197 Å². The maximum atomic E-state index is 9.08. The first-order chi connectivity index (χ1) is 16.0. The molecule has 2 rings (SSSR count). The van der Waals surface area contributed by atoms with Crippen LogP contribution in [0, 0.1) is 17.2 Å². The van der Waals surface area contributed by atoms with Crippen molar-refractivity contribution in [3.8, 4) is 34.8 Å². The molecule has 0 spiro atoms. The minimum atomic E-state index is 0.0123. The molecule has 0 aromatic heterocycles. The molecule has 0 bridgehead atoms. The number of nitrogens with zero attached hydrogens (tertiary/aromatic N) is 1. The van der Waals surface area contributed by atoms with Crippen molar-refractivity contribution in [1.29, 1.82) is 5.26 Å². The largest absolute Gasteiger partial charge is 0.497 e. The predicted molar refractivity (Wildman–Crippen MR) is 129 cm³/mol. The number of benzene rings is 2. The van der Waals surface area contributed by atoms with Crippen LogP contribution in [0.2, 0.25) is 0 Å². The van der Waals surface area contributed by atoms with Gasteiger partial charge in [0.05, 0.1) is 33.8 Å². The molecule has 0 radical (unpaired) electrons. The summed E-state index contributed by atoms with van der Waals surface area (Å²) in [6, 6.07) is 13.4. The summed E-state index contributed by atoms with van der Waals surface area (Å²) < 4.78 is 28.2. The third-order valence-corrected chi connectivity index (χ3v) is 5.26. The van der Waals surface area contributed by atoms with Crippen LogP contribution in [-0.2, 0) is 6.42 Å². The fourth-order valence-electron chi connectivity index (χ4n) is 3.42. The van der Waals surface area contributed by atoms with E-state index < -0.39 is 0 Å². The highest BCUT2D eigenvalue weighted by Crippen LogP contribution is 2.40. The van der Waals surface area contributed by atoms with E-state index in [0.717, 1.165) is 43.0 Å². The van der Waals surface area contributed by atoms with Gasteiger partial charge in [-0.15, -0.1) is 0 Å². The Balaban J connectivity index is 1.82. The van der Waals surface area contributed by atoms with Crippen LogP contribution in [0.1, 0.15) is 32.3 Å².